The highest BCUT2D eigenvalue weighted by Crippen LogP contribution is 2.44. The molecule has 0 saturated heterocycles. The summed E-state index contributed by atoms with van der Waals surface area (Å²) >= 11 is 13.4. The van der Waals surface area contributed by atoms with Gasteiger partial charge >= 0.3 is 0 Å². The Morgan fingerprint density at radius 1 is 0.886 bits per heavy atom. The molecule has 190 valence electrons. The normalized spacial score (nSPS) is 14.6. The minimum absolute atomic E-state index is 0.130. The second-order valence-electron chi connectivity index (χ2n) is 8.94. The summed E-state index contributed by atoms with van der Waals surface area (Å²) in [6, 6.07) is 3.92. The van der Waals surface area contributed by atoms with Gasteiger partial charge in [-0.2, -0.15) is 0 Å². The highest BCUT2D eigenvalue weighted by Gasteiger charge is 2.29. The molecule has 35 heavy (non-hydrogen) atoms. The van der Waals surface area contributed by atoms with Gasteiger partial charge in [-0.25, -0.2) is 0 Å². The average Bonchev–Trinajstić information content (AvgIpc) is 3.44. The van der Waals surface area contributed by atoms with Crippen molar-refractivity contribution in [2.24, 2.45) is 0 Å². The number of amides is 1. The molecule has 9 heteroatoms. The molecule has 0 radical (unpaired) electrons. The summed E-state index contributed by atoms with van der Waals surface area (Å²) in [5, 5.41) is 1.11. The zero-order chi connectivity index (χ0) is 25.1. The fourth-order valence-corrected chi connectivity index (χ4v) is 5.27. The Bertz CT molecular complexity index is 1110. The number of carbonyl (C=O) groups is 1. The molecule has 0 unspecified atom stereocenters. The summed E-state index contributed by atoms with van der Waals surface area (Å²) in [4.78, 5) is 16.4. The summed E-state index contributed by atoms with van der Waals surface area (Å²) in [5.74, 6) is 2.38. The number of fused-ring (bicyclic) bond motifs is 2. The van der Waals surface area contributed by atoms with Crippen molar-refractivity contribution in [1.82, 2.24) is 9.80 Å². The number of rotatable bonds is 10. The summed E-state index contributed by atoms with van der Waals surface area (Å²) in [6.45, 7) is 5.43. The number of halogens is 2. The maximum absolute atomic E-state index is 12.4. The van der Waals surface area contributed by atoms with Crippen LogP contribution < -0.4 is 18.9 Å². The van der Waals surface area contributed by atoms with Crippen LogP contribution in [0.4, 0.5) is 0 Å². The van der Waals surface area contributed by atoms with Gasteiger partial charge < -0.3 is 23.8 Å². The minimum Gasteiger partial charge on any atom is -0.493 e. The SMILES string of the molecule is CCCC(=O)N1Cc2cc(OC)c(OCCCOc3c(OC)cc4c(c3Cl)CN(C)C4)c(Cl)c2C1. The van der Waals surface area contributed by atoms with Crippen molar-refractivity contribution in [2.75, 3.05) is 34.5 Å². The van der Waals surface area contributed by atoms with Crippen molar-refractivity contribution in [3.63, 3.8) is 0 Å². The molecule has 2 aromatic carbocycles. The molecule has 2 heterocycles. The Labute approximate surface area is 216 Å². The molecule has 2 aliphatic heterocycles. The van der Waals surface area contributed by atoms with E-state index in [1.165, 1.54) is 5.56 Å². The maximum Gasteiger partial charge on any atom is 0.223 e. The van der Waals surface area contributed by atoms with Crippen LogP contribution in [-0.2, 0) is 31.0 Å². The van der Waals surface area contributed by atoms with E-state index in [1.54, 1.807) is 14.2 Å². The lowest BCUT2D eigenvalue weighted by Crippen LogP contribution is -2.24. The van der Waals surface area contributed by atoms with E-state index in [1.807, 2.05) is 24.0 Å². The molecule has 4 rings (SSSR count). The Balaban J connectivity index is 1.38. The summed E-state index contributed by atoms with van der Waals surface area (Å²) in [6.07, 6.45) is 1.95. The molecule has 0 aromatic heterocycles. The Hall–Kier alpha value is -2.35. The largest absolute Gasteiger partial charge is 0.493 e. The third-order valence-corrected chi connectivity index (χ3v) is 7.18. The first-order valence-corrected chi connectivity index (χ1v) is 12.6. The molecule has 0 fully saturated rings. The highest BCUT2D eigenvalue weighted by atomic mass is 35.5. The maximum atomic E-state index is 12.4. The number of hydrogen-bond donors (Lipinski definition) is 0. The lowest BCUT2D eigenvalue weighted by atomic mass is 10.1. The van der Waals surface area contributed by atoms with E-state index in [4.69, 9.17) is 42.1 Å². The number of benzene rings is 2. The molecular formula is C26H32Cl2N2O5. The lowest BCUT2D eigenvalue weighted by molar-refractivity contribution is -0.131. The second-order valence-corrected chi connectivity index (χ2v) is 9.70. The Kier molecular flexibility index (Phi) is 8.19. The van der Waals surface area contributed by atoms with Crippen molar-refractivity contribution < 1.29 is 23.7 Å². The average molecular weight is 523 g/mol. The van der Waals surface area contributed by atoms with E-state index in [0.29, 0.717) is 72.2 Å². The third-order valence-electron chi connectivity index (χ3n) is 6.38. The van der Waals surface area contributed by atoms with Gasteiger partial charge in [0, 0.05) is 39.0 Å². The van der Waals surface area contributed by atoms with Gasteiger partial charge in [0.2, 0.25) is 5.91 Å². The van der Waals surface area contributed by atoms with Gasteiger partial charge in [-0.1, -0.05) is 30.1 Å². The molecule has 0 saturated carbocycles. The van der Waals surface area contributed by atoms with Crippen molar-refractivity contribution in [2.45, 2.75) is 52.4 Å². The first-order chi connectivity index (χ1) is 16.9. The molecule has 0 aliphatic carbocycles. The van der Waals surface area contributed by atoms with Crippen LogP contribution in [0.25, 0.3) is 0 Å². The van der Waals surface area contributed by atoms with E-state index in [0.717, 1.165) is 36.2 Å². The fraction of sp³-hybridized carbons (Fsp3) is 0.500. The van der Waals surface area contributed by atoms with Gasteiger partial charge in [0.1, 0.15) is 0 Å². The lowest BCUT2D eigenvalue weighted by Gasteiger charge is -2.17. The summed E-state index contributed by atoms with van der Waals surface area (Å²) in [5.41, 5.74) is 4.17. The van der Waals surface area contributed by atoms with Crippen LogP contribution in [0.5, 0.6) is 23.0 Å². The van der Waals surface area contributed by atoms with E-state index >= 15 is 0 Å². The number of ether oxygens (including phenoxy) is 4. The molecule has 2 aliphatic rings. The van der Waals surface area contributed by atoms with Crippen LogP contribution in [0.3, 0.4) is 0 Å². The zero-order valence-corrected chi connectivity index (χ0v) is 22.2. The fourth-order valence-electron chi connectivity index (χ4n) is 4.62. The van der Waals surface area contributed by atoms with E-state index in [-0.39, 0.29) is 5.91 Å². The quantitative estimate of drug-likeness (QED) is 0.387. The zero-order valence-electron chi connectivity index (χ0n) is 20.7. The topological polar surface area (TPSA) is 60.5 Å². The third kappa shape index (κ3) is 5.27. The monoisotopic (exact) mass is 522 g/mol. The van der Waals surface area contributed by atoms with Crippen molar-refractivity contribution >= 4 is 29.1 Å². The Morgan fingerprint density at radius 2 is 1.43 bits per heavy atom. The number of carbonyl (C=O) groups excluding carboxylic acids is 1. The van der Waals surface area contributed by atoms with Gasteiger partial charge in [0.25, 0.3) is 0 Å². The molecule has 2 aromatic rings. The number of nitrogens with zero attached hydrogens (tertiary/aromatic N) is 2. The minimum atomic E-state index is 0.130. The molecule has 0 N–H and O–H groups in total. The first-order valence-electron chi connectivity index (χ1n) is 11.9. The van der Waals surface area contributed by atoms with Gasteiger partial charge in [0.05, 0.1) is 37.5 Å². The van der Waals surface area contributed by atoms with Crippen molar-refractivity contribution in [3.8, 4) is 23.0 Å². The van der Waals surface area contributed by atoms with Gasteiger partial charge in [-0.3, -0.25) is 9.69 Å². The number of methoxy groups -OCH3 is 2. The second kappa shape index (κ2) is 11.1. The van der Waals surface area contributed by atoms with Crippen molar-refractivity contribution in [3.05, 3.63) is 44.4 Å². The van der Waals surface area contributed by atoms with Crippen LogP contribution in [0.15, 0.2) is 12.1 Å². The van der Waals surface area contributed by atoms with E-state index in [2.05, 4.69) is 11.9 Å². The molecule has 1 amide bonds. The molecule has 0 atom stereocenters. The van der Waals surface area contributed by atoms with Crippen LogP contribution in [-0.4, -0.2) is 50.2 Å². The molecule has 7 nitrogen and oxygen atoms in total. The molecular weight excluding hydrogens is 491 g/mol. The summed E-state index contributed by atoms with van der Waals surface area (Å²) in [7, 11) is 5.26. The highest BCUT2D eigenvalue weighted by molar-refractivity contribution is 6.33. The van der Waals surface area contributed by atoms with Crippen LogP contribution in [0.2, 0.25) is 10.0 Å². The van der Waals surface area contributed by atoms with Gasteiger partial charge in [-0.15, -0.1) is 0 Å². The molecule has 0 spiro atoms. The van der Waals surface area contributed by atoms with E-state index in [9.17, 15) is 4.79 Å². The predicted octanol–water partition coefficient (Wildman–Crippen LogP) is 5.45. The van der Waals surface area contributed by atoms with Crippen LogP contribution >= 0.6 is 23.2 Å². The van der Waals surface area contributed by atoms with Crippen LogP contribution in [0.1, 0.15) is 48.4 Å². The van der Waals surface area contributed by atoms with E-state index < -0.39 is 0 Å². The Morgan fingerprint density at radius 3 is 1.97 bits per heavy atom. The van der Waals surface area contributed by atoms with Gasteiger partial charge in [0.15, 0.2) is 23.0 Å². The number of hydrogen-bond acceptors (Lipinski definition) is 6. The van der Waals surface area contributed by atoms with Crippen molar-refractivity contribution in [1.29, 1.82) is 0 Å². The standard InChI is InChI=1S/C26H32Cl2N2O5/c1-5-7-22(31)30-13-17-11-21(33-4)26(24(28)19(17)15-30)35-9-6-8-34-25-20(32-3)10-16-12-29(2)14-18(16)23(25)27/h10-11H,5-9,12-15H2,1-4H3. The first kappa shape index (κ1) is 25.7. The summed E-state index contributed by atoms with van der Waals surface area (Å²) < 4.78 is 23.1. The van der Waals surface area contributed by atoms with Gasteiger partial charge in [-0.05, 0) is 47.9 Å². The predicted molar refractivity (Wildman–Crippen MR) is 136 cm³/mol. The molecule has 0 bridgehead atoms. The smallest absolute Gasteiger partial charge is 0.223 e. The van der Waals surface area contributed by atoms with Crippen LogP contribution in [0, 0.1) is 0 Å².